The van der Waals surface area contributed by atoms with Crippen LogP contribution in [0, 0.1) is 0 Å². The maximum atomic E-state index is 12.7. The van der Waals surface area contributed by atoms with Crippen molar-refractivity contribution in [1.82, 2.24) is 14.8 Å². The molecule has 0 aromatic carbocycles. The van der Waals surface area contributed by atoms with Gasteiger partial charge in [0.05, 0.1) is 5.57 Å². The van der Waals surface area contributed by atoms with Gasteiger partial charge in [-0.1, -0.05) is 12.1 Å². The van der Waals surface area contributed by atoms with Crippen molar-refractivity contribution in [2.24, 2.45) is 0 Å². The standard InChI is InChI=1S/C26H33N3O3/c1-4-29(5-2)25(31)21-12-11-19(18-27-21)20-17-26(13-8-15-28(3)16-14-26)32-23-10-7-6-9-22(30)24(20)23/h6,9-12,17-18,30H,4-5,7-8,13-16H2,1-3H3. The van der Waals surface area contributed by atoms with Crippen molar-refractivity contribution >= 4 is 11.5 Å². The van der Waals surface area contributed by atoms with Crippen LogP contribution in [-0.4, -0.2) is 64.6 Å². The van der Waals surface area contributed by atoms with E-state index >= 15 is 0 Å². The van der Waals surface area contributed by atoms with Crippen molar-refractivity contribution in [2.75, 3.05) is 33.2 Å². The van der Waals surface area contributed by atoms with Crippen LogP contribution >= 0.6 is 0 Å². The number of hydrogen-bond acceptors (Lipinski definition) is 5. The summed E-state index contributed by atoms with van der Waals surface area (Å²) in [4.78, 5) is 21.3. The molecule has 170 valence electrons. The second-order valence-corrected chi connectivity index (χ2v) is 8.76. The lowest BCUT2D eigenvalue weighted by atomic mass is 9.83. The van der Waals surface area contributed by atoms with E-state index in [-0.39, 0.29) is 11.7 Å². The normalized spacial score (nSPS) is 23.6. The fraction of sp³-hybridized carbons (Fsp3) is 0.462. The van der Waals surface area contributed by atoms with E-state index in [0.717, 1.165) is 49.2 Å². The van der Waals surface area contributed by atoms with Gasteiger partial charge in [-0.25, -0.2) is 0 Å². The molecule has 1 spiro atoms. The van der Waals surface area contributed by atoms with E-state index in [4.69, 9.17) is 4.74 Å². The maximum absolute atomic E-state index is 12.7. The molecule has 4 rings (SSSR count). The van der Waals surface area contributed by atoms with Crippen molar-refractivity contribution in [1.29, 1.82) is 0 Å². The fourth-order valence-electron chi connectivity index (χ4n) is 4.71. The number of aromatic nitrogens is 1. The second-order valence-electron chi connectivity index (χ2n) is 8.76. The Balaban J connectivity index is 1.76. The van der Waals surface area contributed by atoms with Crippen molar-refractivity contribution in [3.05, 3.63) is 71.0 Å². The average Bonchev–Trinajstić information content (AvgIpc) is 3.10. The number of hydrogen-bond donors (Lipinski definition) is 1. The lowest BCUT2D eigenvalue weighted by Gasteiger charge is -2.38. The van der Waals surface area contributed by atoms with Crippen molar-refractivity contribution in [3.8, 4) is 0 Å². The summed E-state index contributed by atoms with van der Waals surface area (Å²) in [6, 6.07) is 3.72. The van der Waals surface area contributed by atoms with Gasteiger partial charge in [0.25, 0.3) is 5.91 Å². The Kier molecular flexibility index (Phi) is 6.51. The average molecular weight is 436 g/mol. The largest absolute Gasteiger partial charge is 0.507 e. The molecule has 1 saturated heterocycles. The van der Waals surface area contributed by atoms with Gasteiger partial charge in [0.15, 0.2) is 0 Å². The Morgan fingerprint density at radius 2 is 2.06 bits per heavy atom. The molecule has 1 amide bonds. The smallest absolute Gasteiger partial charge is 0.272 e. The van der Waals surface area contributed by atoms with Gasteiger partial charge < -0.3 is 19.6 Å². The molecule has 6 nitrogen and oxygen atoms in total. The highest BCUT2D eigenvalue weighted by Crippen LogP contribution is 2.45. The quantitative estimate of drug-likeness (QED) is 0.755. The first-order chi connectivity index (χ1) is 15.5. The van der Waals surface area contributed by atoms with Crippen LogP contribution in [0.15, 0.2) is 59.7 Å². The fourth-order valence-corrected chi connectivity index (χ4v) is 4.71. The minimum absolute atomic E-state index is 0.0640. The number of ether oxygens (including phenoxy) is 1. The summed E-state index contributed by atoms with van der Waals surface area (Å²) in [6.45, 7) is 7.24. The van der Waals surface area contributed by atoms with E-state index in [0.29, 0.717) is 30.8 Å². The van der Waals surface area contributed by atoms with Gasteiger partial charge in [0.1, 0.15) is 22.8 Å². The lowest BCUT2D eigenvalue weighted by Crippen LogP contribution is -2.35. The number of allylic oxidation sites excluding steroid dienone is 4. The van der Waals surface area contributed by atoms with Gasteiger partial charge in [-0.05, 0) is 76.6 Å². The first kappa shape index (κ1) is 22.3. The third kappa shape index (κ3) is 4.37. The summed E-state index contributed by atoms with van der Waals surface area (Å²) in [7, 11) is 2.15. The summed E-state index contributed by atoms with van der Waals surface area (Å²) in [5.41, 5.74) is 2.53. The molecule has 2 aliphatic heterocycles. The summed E-state index contributed by atoms with van der Waals surface area (Å²) in [6.07, 6.45) is 13.2. The zero-order chi connectivity index (χ0) is 22.7. The summed E-state index contributed by atoms with van der Waals surface area (Å²) in [5, 5.41) is 10.8. The van der Waals surface area contributed by atoms with E-state index < -0.39 is 5.60 Å². The number of aliphatic hydroxyl groups excluding tert-OH is 1. The van der Waals surface area contributed by atoms with E-state index in [9.17, 15) is 9.90 Å². The maximum Gasteiger partial charge on any atom is 0.272 e. The molecule has 3 aliphatic rings. The molecule has 0 saturated carbocycles. The Bertz CT molecular complexity index is 986. The van der Waals surface area contributed by atoms with E-state index in [1.807, 2.05) is 32.1 Å². The Hall–Kier alpha value is -2.86. The highest BCUT2D eigenvalue weighted by Gasteiger charge is 2.39. The highest BCUT2D eigenvalue weighted by atomic mass is 16.5. The molecule has 1 aromatic rings. The molecule has 3 heterocycles. The third-order valence-corrected chi connectivity index (χ3v) is 6.61. The van der Waals surface area contributed by atoms with Gasteiger partial charge >= 0.3 is 0 Å². The second kappa shape index (κ2) is 9.33. The number of fused-ring (bicyclic) bond motifs is 1. The number of nitrogens with zero attached hydrogens (tertiary/aromatic N) is 3. The number of carbonyl (C=O) groups is 1. The SMILES string of the molecule is CCN(CC)C(=O)c1ccc(C2=CC3(CCCN(C)CC3)OC3=CCC=CC(O)=C32)cn1. The molecule has 1 aromatic heterocycles. The first-order valence-electron chi connectivity index (χ1n) is 11.6. The van der Waals surface area contributed by atoms with Crippen LogP contribution in [0.2, 0.25) is 0 Å². The van der Waals surface area contributed by atoms with E-state index in [1.165, 1.54) is 0 Å². The number of aliphatic hydroxyl groups is 1. The number of pyridine rings is 1. The number of amides is 1. The van der Waals surface area contributed by atoms with Gasteiger partial charge in [-0.3, -0.25) is 9.78 Å². The van der Waals surface area contributed by atoms with E-state index in [2.05, 4.69) is 23.0 Å². The first-order valence-corrected chi connectivity index (χ1v) is 11.6. The predicted molar refractivity (Wildman–Crippen MR) is 126 cm³/mol. The van der Waals surface area contributed by atoms with Crippen LogP contribution in [0.1, 0.15) is 55.6 Å². The van der Waals surface area contributed by atoms with Crippen LogP contribution in [0.25, 0.3) is 5.57 Å². The van der Waals surface area contributed by atoms with Crippen LogP contribution in [0.5, 0.6) is 0 Å². The molecular weight excluding hydrogens is 402 g/mol. The number of carbonyl (C=O) groups excluding carboxylic acids is 1. The molecule has 0 radical (unpaired) electrons. The molecule has 1 aliphatic carbocycles. The topological polar surface area (TPSA) is 65.9 Å². The minimum Gasteiger partial charge on any atom is -0.507 e. The molecule has 1 N–H and O–H groups in total. The molecule has 1 unspecified atom stereocenters. The predicted octanol–water partition coefficient (Wildman–Crippen LogP) is 4.49. The van der Waals surface area contributed by atoms with E-state index in [1.54, 1.807) is 23.2 Å². The molecule has 1 atom stereocenters. The van der Waals surface area contributed by atoms with Crippen molar-refractivity contribution < 1.29 is 14.6 Å². The van der Waals surface area contributed by atoms with Crippen LogP contribution in [-0.2, 0) is 4.74 Å². The molecule has 0 bridgehead atoms. The Labute approximate surface area is 190 Å². The third-order valence-electron chi connectivity index (χ3n) is 6.61. The number of rotatable bonds is 4. The van der Waals surface area contributed by atoms with Crippen LogP contribution < -0.4 is 0 Å². The molecule has 6 heteroatoms. The lowest BCUT2D eigenvalue weighted by molar-refractivity contribution is 0.0329. The summed E-state index contributed by atoms with van der Waals surface area (Å²) >= 11 is 0. The zero-order valence-electron chi connectivity index (χ0n) is 19.3. The number of likely N-dealkylation sites (tertiary alicyclic amines) is 1. The van der Waals surface area contributed by atoms with Crippen molar-refractivity contribution in [2.45, 2.75) is 45.1 Å². The monoisotopic (exact) mass is 435 g/mol. The minimum atomic E-state index is -0.407. The highest BCUT2D eigenvalue weighted by molar-refractivity contribution is 5.93. The van der Waals surface area contributed by atoms with Crippen LogP contribution in [0.3, 0.4) is 0 Å². The van der Waals surface area contributed by atoms with Gasteiger partial charge in [0, 0.05) is 37.8 Å². The molecule has 1 fully saturated rings. The zero-order valence-corrected chi connectivity index (χ0v) is 19.3. The Morgan fingerprint density at radius 1 is 1.25 bits per heavy atom. The van der Waals surface area contributed by atoms with Crippen molar-refractivity contribution in [3.63, 3.8) is 0 Å². The molecule has 32 heavy (non-hydrogen) atoms. The van der Waals surface area contributed by atoms with Gasteiger partial charge in [-0.15, -0.1) is 0 Å². The van der Waals surface area contributed by atoms with Gasteiger partial charge in [0.2, 0.25) is 0 Å². The summed E-state index contributed by atoms with van der Waals surface area (Å²) < 4.78 is 6.59. The van der Waals surface area contributed by atoms with Gasteiger partial charge in [-0.2, -0.15) is 0 Å². The Morgan fingerprint density at radius 3 is 2.78 bits per heavy atom. The molecular formula is C26H33N3O3. The van der Waals surface area contributed by atoms with Crippen LogP contribution in [0.4, 0.5) is 0 Å². The summed E-state index contributed by atoms with van der Waals surface area (Å²) in [5.74, 6) is 0.868.